The second-order valence-electron chi connectivity index (χ2n) is 8.44. The van der Waals surface area contributed by atoms with Crippen molar-refractivity contribution in [2.45, 2.75) is 37.2 Å². The van der Waals surface area contributed by atoms with Crippen LogP contribution < -0.4 is 10.1 Å². The fourth-order valence-corrected chi connectivity index (χ4v) is 4.03. The highest BCUT2D eigenvalue weighted by molar-refractivity contribution is 6.30. The summed E-state index contributed by atoms with van der Waals surface area (Å²) < 4.78 is 57.8. The fourth-order valence-electron chi connectivity index (χ4n) is 3.92. The third kappa shape index (κ3) is 6.05. The number of hydrogen-bond acceptors (Lipinski definition) is 4. The minimum atomic E-state index is -4.58. The van der Waals surface area contributed by atoms with Gasteiger partial charge in [-0.1, -0.05) is 41.9 Å². The Kier molecular flexibility index (Phi) is 7.12. The smallest absolute Gasteiger partial charge is 0.422 e. The van der Waals surface area contributed by atoms with Gasteiger partial charge in [0.1, 0.15) is 17.8 Å². The molecule has 4 rings (SSSR count). The molecule has 1 aliphatic carbocycles. The van der Waals surface area contributed by atoms with Gasteiger partial charge in [0.15, 0.2) is 6.61 Å². The van der Waals surface area contributed by atoms with Gasteiger partial charge in [-0.15, -0.1) is 0 Å². The van der Waals surface area contributed by atoms with E-state index in [1.54, 1.807) is 12.1 Å². The summed E-state index contributed by atoms with van der Waals surface area (Å²) in [6.07, 6.45) is -2.20. The lowest BCUT2D eigenvalue weighted by atomic mass is 9.80. The molecule has 1 fully saturated rings. The average Bonchev–Trinajstić information content (AvgIpc) is 3.63. The second-order valence-corrected chi connectivity index (χ2v) is 8.87. The number of nitrogens with one attached hydrogen (secondary N) is 1. The third-order valence-corrected chi connectivity index (χ3v) is 5.93. The van der Waals surface area contributed by atoms with E-state index in [4.69, 9.17) is 16.3 Å². The van der Waals surface area contributed by atoms with Crippen molar-refractivity contribution >= 4 is 11.6 Å². The number of aromatic nitrogens is 1. The zero-order chi connectivity index (χ0) is 24.3. The maximum atomic E-state index is 14.7. The van der Waals surface area contributed by atoms with Gasteiger partial charge in [0.05, 0.1) is 16.3 Å². The summed E-state index contributed by atoms with van der Waals surface area (Å²) in [5, 5.41) is 14.5. The minimum absolute atomic E-state index is 0.0111. The highest BCUT2D eigenvalue weighted by Gasteiger charge is 2.42. The predicted octanol–water partition coefficient (Wildman–Crippen LogP) is 5.62. The summed E-state index contributed by atoms with van der Waals surface area (Å²) >= 11 is 6.05. The quantitative estimate of drug-likeness (QED) is 0.299. The normalized spacial score (nSPS) is 16.6. The number of alkyl halides is 3. The average molecular weight is 495 g/mol. The van der Waals surface area contributed by atoms with Crippen LogP contribution in [0, 0.1) is 11.7 Å². The van der Waals surface area contributed by atoms with Crippen molar-refractivity contribution in [2.75, 3.05) is 6.61 Å². The highest BCUT2D eigenvalue weighted by Crippen LogP contribution is 2.39. The minimum Gasteiger partial charge on any atom is -0.484 e. The Hall–Kier alpha value is -2.68. The van der Waals surface area contributed by atoms with Crippen LogP contribution in [0.15, 0.2) is 66.9 Å². The Labute approximate surface area is 199 Å². The maximum absolute atomic E-state index is 14.7. The number of benzene rings is 2. The Balaban J connectivity index is 1.86. The lowest BCUT2D eigenvalue weighted by Gasteiger charge is -2.38. The first-order chi connectivity index (χ1) is 16.1. The molecule has 2 atom stereocenters. The van der Waals surface area contributed by atoms with Crippen LogP contribution in [0.4, 0.5) is 17.6 Å². The Morgan fingerprint density at radius 1 is 1.09 bits per heavy atom. The molecule has 1 heterocycles. The molecule has 2 N–H and O–H groups in total. The molecule has 1 saturated carbocycles. The lowest BCUT2D eigenvalue weighted by molar-refractivity contribution is -0.153. The van der Waals surface area contributed by atoms with Crippen LogP contribution >= 0.6 is 11.6 Å². The van der Waals surface area contributed by atoms with Gasteiger partial charge in [0.2, 0.25) is 0 Å². The fraction of sp³-hybridized carbons (Fsp3) is 0.320. The van der Waals surface area contributed by atoms with E-state index in [1.165, 1.54) is 18.3 Å². The molecule has 0 spiro atoms. The number of aliphatic hydroxyl groups excluding tert-OH is 1. The molecule has 180 valence electrons. The monoisotopic (exact) mass is 494 g/mol. The second kappa shape index (κ2) is 9.90. The van der Waals surface area contributed by atoms with E-state index in [2.05, 4.69) is 10.3 Å². The van der Waals surface area contributed by atoms with E-state index in [-0.39, 0.29) is 23.7 Å². The number of pyridine rings is 1. The summed E-state index contributed by atoms with van der Waals surface area (Å²) in [4.78, 5) is 4.45. The SMILES string of the molecule is O[C@H](NC(Cc1ccccc1)(c1cc(F)cc(OCC(F)(F)F)c1)c1ccc(Cl)cn1)C1CC1. The van der Waals surface area contributed by atoms with Crippen molar-refractivity contribution in [3.63, 3.8) is 0 Å². The standard InChI is InChI=1S/C25H23ClF4N2O2/c26-19-8-9-22(31-14-19)24(32-23(33)17-6-7-17,13-16-4-2-1-3-5-16)18-10-20(27)12-21(11-18)34-15-25(28,29)30/h1-5,8-12,14,17,23,32-33H,6-7,13,15H2/t23-,24?/m0/s1. The van der Waals surface area contributed by atoms with Gasteiger partial charge in [0.25, 0.3) is 0 Å². The molecule has 0 radical (unpaired) electrons. The molecular formula is C25H23ClF4N2O2. The van der Waals surface area contributed by atoms with Crippen molar-refractivity contribution in [1.29, 1.82) is 0 Å². The van der Waals surface area contributed by atoms with E-state index in [0.29, 0.717) is 10.7 Å². The molecule has 1 unspecified atom stereocenters. The van der Waals surface area contributed by atoms with Gasteiger partial charge < -0.3 is 9.84 Å². The Morgan fingerprint density at radius 3 is 2.44 bits per heavy atom. The van der Waals surface area contributed by atoms with Crippen molar-refractivity contribution in [1.82, 2.24) is 10.3 Å². The van der Waals surface area contributed by atoms with Crippen LogP contribution in [0.1, 0.15) is 29.7 Å². The third-order valence-electron chi connectivity index (χ3n) is 5.71. The number of hydrogen-bond donors (Lipinski definition) is 2. The Bertz CT molecular complexity index is 1110. The van der Waals surface area contributed by atoms with Gasteiger partial charge >= 0.3 is 6.18 Å². The maximum Gasteiger partial charge on any atom is 0.422 e. The molecule has 1 aromatic heterocycles. The van der Waals surface area contributed by atoms with E-state index < -0.39 is 30.4 Å². The summed E-state index contributed by atoms with van der Waals surface area (Å²) in [6, 6.07) is 16.0. The molecule has 34 heavy (non-hydrogen) atoms. The number of ether oxygens (including phenoxy) is 1. The summed E-state index contributed by atoms with van der Waals surface area (Å²) in [7, 11) is 0. The van der Waals surface area contributed by atoms with Gasteiger partial charge in [0, 0.05) is 18.7 Å². The number of nitrogens with zero attached hydrogens (tertiary/aromatic N) is 1. The van der Waals surface area contributed by atoms with Crippen molar-refractivity contribution < 1.29 is 27.4 Å². The van der Waals surface area contributed by atoms with Crippen LogP contribution in [-0.2, 0) is 12.0 Å². The molecular weight excluding hydrogens is 472 g/mol. The molecule has 0 amide bonds. The molecule has 2 aromatic carbocycles. The van der Waals surface area contributed by atoms with E-state index in [1.807, 2.05) is 30.3 Å². The zero-order valence-electron chi connectivity index (χ0n) is 18.0. The Morgan fingerprint density at radius 2 is 1.82 bits per heavy atom. The summed E-state index contributed by atoms with van der Waals surface area (Å²) in [5.74, 6) is -1.04. The molecule has 0 bridgehead atoms. The molecule has 0 aliphatic heterocycles. The molecule has 4 nitrogen and oxygen atoms in total. The van der Waals surface area contributed by atoms with Crippen molar-refractivity contribution in [3.8, 4) is 5.75 Å². The van der Waals surface area contributed by atoms with Gasteiger partial charge in [-0.3, -0.25) is 10.3 Å². The molecule has 3 aromatic rings. The van der Waals surface area contributed by atoms with Crippen LogP contribution in [0.3, 0.4) is 0 Å². The van der Waals surface area contributed by atoms with E-state index in [9.17, 15) is 22.7 Å². The molecule has 0 saturated heterocycles. The largest absolute Gasteiger partial charge is 0.484 e. The van der Waals surface area contributed by atoms with Crippen LogP contribution in [-0.4, -0.2) is 29.1 Å². The predicted molar refractivity (Wildman–Crippen MR) is 120 cm³/mol. The van der Waals surface area contributed by atoms with Crippen LogP contribution in [0.2, 0.25) is 5.02 Å². The first kappa shape index (κ1) is 24.4. The first-order valence-corrected chi connectivity index (χ1v) is 11.1. The van der Waals surface area contributed by atoms with Gasteiger partial charge in [-0.25, -0.2) is 4.39 Å². The van der Waals surface area contributed by atoms with Gasteiger partial charge in [-0.2, -0.15) is 13.2 Å². The van der Waals surface area contributed by atoms with Crippen molar-refractivity contribution in [2.24, 2.45) is 5.92 Å². The highest BCUT2D eigenvalue weighted by atomic mass is 35.5. The number of halogens is 5. The van der Waals surface area contributed by atoms with E-state index >= 15 is 0 Å². The summed E-state index contributed by atoms with van der Waals surface area (Å²) in [6.45, 7) is -1.56. The number of aliphatic hydroxyl groups is 1. The molecule has 9 heteroatoms. The molecule has 1 aliphatic rings. The number of rotatable bonds is 9. The van der Waals surface area contributed by atoms with Crippen LogP contribution in [0.25, 0.3) is 0 Å². The van der Waals surface area contributed by atoms with Gasteiger partial charge in [-0.05, 0) is 54.2 Å². The summed E-state index contributed by atoms with van der Waals surface area (Å²) in [5.41, 5.74) is 0.250. The zero-order valence-corrected chi connectivity index (χ0v) is 18.8. The lowest BCUT2D eigenvalue weighted by Crippen LogP contribution is -2.51. The topological polar surface area (TPSA) is 54.4 Å². The van der Waals surface area contributed by atoms with E-state index in [0.717, 1.165) is 24.5 Å². The first-order valence-electron chi connectivity index (χ1n) is 10.8. The van der Waals surface area contributed by atoms with Crippen LogP contribution in [0.5, 0.6) is 5.75 Å². The van der Waals surface area contributed by atoms with Crippen molar-refractivity contribution in [3.05, 3.63) is 94.5 Å².